The number of carbonyl (C=O) groups excluding carboxylic acids is 2. The first kappa shape index (κ1) is 22.6. The lowest BCUT2D eigenvalue weighted by atomic mass is 9.87. The minimum atomic E-state index is -0.132. The third-order valence-corrected chi connectivity index (χ3v) is 7.43. The average molecular weight is 460 g/mol. The van der Waals surface area contributed by atoms with Crippen molar-refractivity contribution >= 4 is 28.5 Å². The number of amides is 2. The maximum Gasteiger partial charge on any atom is 0.255 e. The first-order valence-electron chi connectivity index (χ1n) is 12.2. The number of hydrogen-bond donors (Lipinski definition) is 2. The quantitative estimate of drug-likeness (QED) is 0.603. The number of rotatable bonds is 4. The zero-order valence-corrected chi connectivity index (χ0v) is 20.4. The number of aromatic amines is 1. The van der Waals surface area contributed by atoms with Crippen LogP contribution in [0.4, 0.5) is 5.69 Å². The van der Waals surface area contributed by atoms with Crippen LogP contribution in [0.5, 0.6) is 0 Å². The Balaban J connectivity index is 1.38. The highest BCUT2D eigenvalue weighted by Crippen LogP contribution is 2.33. The summed E-state index contributed by atoms with van der Waals surface area (Å²) < 4.78 is 0. The monoisotopic (exact) mass is 459 g/mol. The molecule has 7 nitrogen and oxygen atoms in total. The zero-order valence-electron chi connectivity index (χ0n) is 20.4. The summed E-state index contributed by atoms with van der Waals surface area (Å²) >= 11 is 0. The van der Waals surface area contributed by atoms with E-state index < -0.39 is 0 Å². The molecule has 5 rings (SSSR count). The van der Waals surface area contributed by atoms with Gasteiger partial charge in [0.15, 0.2) is 0 Å². The molecule has 2 amide bonds. The summed E-state index contributed by atoms with van der Waals surface area (Å²) in [6.07, 6.45) is 3.23. The molecule has 2 aromatic carbocycles. The summed E-state index contributed by atoms with van der Waals surface area (Å²) in [7, 11) is 1.88. The van der Waals surface area contributed by atoms with Crippen molar-refractivity contribution < 1.29 is 9.59 Å². The molecule has 2 N–H and O–H groups in total. The van der Waals surface area contributed by atoms with Gasteiger partial charge in [-0.1, -0.05) is 26.8 Å². The highest BCUT2D eigenvalue weighted by Gasteiger charge is 2.32. The molecule has 2 atom stereocenters. The molecule has 3 aromatic rings. The summed E-state index contributed by atoms with van der Waals surface area (Å²) in [5.74, 6) is 0.788. The highest BCUT2D eigenvalue weighted by atomic mass is 16.2. The lowest BCUT2D eigenvalue weighted by molar-refractivity contribution is -0.134. The van der Waals surface area contributed by atoms with Gasteiger partial charge in [0.1, 0.15) is 5.52 Å². The van der Waals surface area contributed by atoms with Crippen LogP contribution in [0.1, 0.15) is 72.5 Å². The molecule has 2 unspecified atom stereocenters. The predicted octanol–water partition coefficient (Wildman–Crippen LogP) is 4.48. The predicted molar refractivity (Wildman–Crippen MR) is 134 cm³/mol. The molecule has 1 aromatic heterocycles. The molecular weight excluding hydrogens is 426 g/mol. The van der Waals surface area contributed by atoms with Crippen molar-refractivity contribution in [2.45, 2.75) is 58.0 Å². The minimum absolute atomic E-state index is 0.132. The van der Waals surface area contributed by atoms with Gasteiger partial charge in [-0.2, -0.15) is 0 Å². The van der Waals surface area contributed by atoms with E-state index in [1.54, 1.807) is 6.33 Å². The van der Waals surface area contributed by atoms with Crippen molar-refractivity contribution in [1.29, 1.82) is 0 Å². The van der Waals surface area contributed by atoms with Gasteiger partial charge in [-0.15, -0.1) is 0 Å². The van der Waals surface area contributed by atoms with E-state index in [4.69, 9.17) is 0 Å². The van der Waals surface area contributed by atoms with Gasteiger partial charge in [-0.05, 0) is 59.2 Å². The molecule has 7 heteroatoms. The summed E-state index contributed by atoms with van der Waals surface area (Å²) in [6, 6.07) is 10.4. The number of carbonyl (C=O) groups is 2. The summed E-state index contributed by atoms with van der Waals surface area (Å²) in [5.41, 5.74) is 6.68. The van der Waals surface area contributed by atoms with Crippen LogP contribution in [-0.2, 0) is 11.3 Å². The number of hydrogen-bond acceptors (Lipinski definition) is 4. The Morgan fingerprint density at radius 1 is 1.24 bits per heavy atom. The number of H-pyrrole nitrogens is 1. The number of anilines is 1. The fraction of sp³-hybridized carbons (Fsp3) is 0.444. The van der Waals surface area contributed by atoms with E-state index in [2.05, 4.69) is 53.1 Å². The second-order valence-corrected chi connectivity index (χ2v) is 10.2. The first-order chi connectivity index (χ1) is 16.3. The van der Waals surface area contributed by atoms with Gasteiger partial charge < -0.3 is 15.2 Å². The van der Waals surface area contributed by atoms with Crippen LogP contribution in [0.25, 0.3) is 11.0 Å². The van der Waals surface area contributed by atoms with E-state index in [0.717, 1.165) is 48.3 Å². The molecule has 178 valence electrons. The van der Waals surface area contributed by atoms with Gasteiger partial charge in [0.25, 0.3) is 5.91 Å². The first-order valence-corrected chi connectivity index (χ1v) is 12.2. The number of likely N-dealkylation sites (tertiary alicyclic amines) is 1. The fourth-order valence-electron chi connectivity index (χ4n) is 5.31. The molecule has 3 heterocycles. The Morgan fingerprint density at radius 2 is 2.06 bits per heavy atom. The number of aromatic nitrogens is 2. The summed E-state index contributed by atoms with van der Waals surface area (Å²) in [5, 5.41) is 3.10. The molecule has 2 aliphatic heterocycles. The molecule has 1 fully saturated rings. The number of benzene rings is 2. The molecule has 0 radical (unpaired) electrons. The normalized spacial score (nSPS) is 21.2. The average Bonchev–Trinajstić information content (AvgIpc) is 3.29. The SMILES string of the molecule is CC(C)c1cc(NC(=O)c2ccc3c(c2)CN(C2CCN(C)C(=O)C2)CC3C)c2nc[nH]c2c1. The van der Waals surface area contributed by atoms with Crippen molar-refractivity contribution in [3.8, 4) is 0 Å². The van der Waals surface area contributed by atoms with Crippen LogP contribution >= 0.6 is 0 Å². The number of piperidine rings is 1. The zero-order chi connectivity index (χ0) is 24.0. The van der Waals surface area contributed by atoms with Gasteiger partial charge in [-0.25, -0.2) is 4.98 Å². The molecule has 1 saturated heterocycles. The van der Waals surface area contributed by atoms with Crippen LogP contribution < -0.4 is 5.32 Å². The van der Waals surface area contributed by atoms with Crippen molar-refractivity contribution in [1.82, 2.24) is 19.8 Å². The number of nitrogens with one attached hydrogen (secondary N) is 2. The molecule has 0 saturated carbocycles. The Kier molecular flexibility index (Phi) is 5.90. The molecule has 34 heavy (non-hydrogen) atoms. The van der Waals surface area contributed by atoms with Crippen LogP contribution in [0.3, 0.4) is 0 Å². The van der Waals surface area contributed by atoms with Gasteiger partial charge in [-0.3, -0.25) is 14.5 Å². The van der Waals surface area contributed by atoms with Crippen LogP contribution in [0.2, 0.25) is 0 Å². The van der Waals surface area contributed by atoms with Crippen molar-refractivity contribution in [2.24, 2.45) is 0 Å². The number of nitrogens with zero attached hydrogens (tertiary/aromatic N) is 3. The van der Waals surface area contributed by atoms with Crippen LogP contribution in [0.15, 0.2) is 36.7 Å². The van der Waals surface area contributed by atoms with E-state index in [1.807, 2.05) is 30.1 Å². The second kappa shape index (κ2) is 8.87. The third kappa shape index (κ3) is 4.20. The second-order valence-electron chi connectivity index (χ2n) is 10.2. The Labute approximate surface area is 200 Å². The van der Waals surface area contributed by atoms with Crippen LogP contribution in [-0.4, -0.2) is 57.8 Å². The van der Waals surface area contributed by atoms with Crippen LogP contribution in [0, 0.1) is 0 Å². The molecule has 0 spiro atoms. The minimum Gasteiger partial charge on any atom is -0.346 e. The van der Waals surface area contributed by atoms with Gasteiger partial charge in [0.05, 0.1) is 17.5 Å². The van der Waals surface area contributed by atoms with E-state index in [9.17, 15) is 9.59 Å². The maximum absolute atomic E-state index is 13.3. The lowest BCUT2D eigenvalue weighted by Gasteiger charge is -2.41. The van der Waals surface area contributed by atoms with Gasteiger partial charge in [0.2, 0.25) is 5.91 Å². The summed E-state index contributed by atoms with van der Waals surface area (Å²) in [6.45, 7) is 9.02. The fourth-order valence-corrected chi connectivity index (χ4v) is 5.31. The molecule has 2 aliphatic rings. The van der Waals surface area contributed by atoms with Crippen molar-refractivity contribution in [3.05, 3.63) is 58.9 Å². The third-order valence-electron chi connectivity index (χ3n) is 7.43. The van der Waals surface area contributed by atoms with Crippen molar-refractivity contribution in [2.75, 3.05) is 25.5 Å². The standard InChI is InChI=1S/C27H33N5O2/c1-16(2)19-10-23-26(29-15-28-23)24(11-19)30-27(34)18-5-6-22-17(3)13-32(14-20(22)9-18)21-7-8-31(4)25(33)12-21/h5-6,9-11,15-17,21H,7-8,12-14H2,1-4H3,(H,28,29)(H,30,34). The Bertz CT molecular complexity index is 1250. The highest BCUT2D eigenvalue weighted by molar-refractivity contribution is 6.08. The number of imidazole rings is 1. The van der Waals surface area contributed by atoms with E-state index >= 15 is 0 Å². The van der Waals surface area contributed by atoms with E-state index in [-0.39, 0.29) is 17.9 Å². The van der Waals surface area contributed by atoms with Crippen molar-refractivity contribution in [3.63, 3.8) is 0 Å². The molecule has 0 aliphatic carbocycles. The topological polar surface area (TPSA) is 81.3 Å². The Morgan fingerprint density at radius 3 is 2.82 bits per heavy atom. The lowest BCUT2D eigenvalue weighted by Crippen LogP contribution is -2.48. The largest absolute Gasteiger partial charge is 0.346 e. The smallest absolute Gasteiger partial charge is 0.255 e. The molecular formula is C27H33N5O2. The van der Waals surface area contributed by atoms with E-state index in [0.29, 0.717) is 23.8 Å². The maximum atomic E-state index is 13.3. The molecule has 0 bridgehead atoms. The van der Waals surface area contributed by atoms with Gasteiger partial charge in [0, 0.05) is 44.7 Å². The number of fused-ring (bicyclic) bond motifs is 2. The van der Waals surface area contributed by atoms with E-state index in [1.165, 1.54) is 11.1 Å². The summed E-state index contributed by atoms with van der Waals surface area (Å²) in [4.78, 5) is 37.4. The Hall–Kier alpha value is -3.19. The van der Waals surface area contributed by atoms with Gasteiger partial charge >= 0.3 is 0 Å².